The molecule has 4 aromatic rings. The molecule has 0 radical (unpaired) electrons. The molecule has 6 nitrogen and oxygen atoms in total. The van der Waals surface area contributed by atoms with E-state index in [0.29, 0.717) is 19.4 Å². The number of esters is 1. The second-order valence-electron chi connectivity index (χ2n) is 10.0. The van der Waals surface area contributed by atoms with Gasteiger partial charge in [-0.2, -0.15) is 0 Å². The van der Waals surface area contributed by atoms with Crippen LogP contribution in [-0.2, 0) is 25.7 Å². The van der Waals surface area contributed by atoms with Gasteiger partial charge in [-0.05, 0) is 48.1 Å². The van der Waals surface area contributed by atoms with Crippen LogP contribution in [0.15, 0.2) is 121 Å². The van der Waals surface area contributed by atoms with E-state index in [2.05, 4.69) is 0 Å². The van der Waals surface area contributed by atoms with Crippen molar-refractivity contribution in [1.82, 2.24) is 4.90 Å². The Morgan fingerprint density at radius 2 is 1.19 bits per heavy atom. The summed E-state index contributed by atoms with van der Waals surface area (Å²) in [6, 6.07) is 37.7. The molecular formula is C35H34NO5P. The predicted octanol–water partition coefficient (Wildman–Crippen LogP) is 5.09. The Balaban J connectivity index is 1.71. The van der Waals surface area contributed by atoms with Crippen molar-refractivity contribution in [2.24, 2.45) is 0 Å². The van der Waals surface area contributed by atoms with Gasteiger partial charge in [0.2, 0.25) is 0 Å². The number of amides is 1. The number of carbonyl (C=O) groups excluding carboxylic acids is 3. The first-order valence-corrected chi connectivity index (χ1v) is 16.0. The van der Waals surface area contributed by atoms with E-state index in [1.165, 1.54) is 4.90 Å². The van der Waals surface area contributed by atoms with Crippen LogP contribution in [0.1, 0.15) is 25.3 Å². The van der Waals surface area contributed by atoms with Crippen molar-refractivity contribution >= 4 is 45.9 Å². The van der Waals surface area contributed by atoms with E-state index in [1.54, 1.807) is 6.92 Å². The zero-order chi connectivity index (χ0) is 29.4. The monoisotopic (exact) mass is 579 g/mol. The zero-order valence-corrected chi connectivity index (χ0v) is 24.5. The minimum Gasteiger partial charge on any atom is -0.462 e. The van der Waals surface area contributed by atoms with Gasteiger partial charge in [0.05, 0.1) is 12.6 Å². The number of hydrogen-bond acceptors (Lipinski definition) is 5. The average Bonchev–Trinajstić information content (AvgIpc) is 3.54. The molecule has 4 aromatic carbocycles. The van der Waals surface area contributed by atoms with Crippen LogP contribution >= 0.6 is 6.89 Å². The highest BCUT2D eigenvalue weighted by atomic mass is 31.2. The second kappa shape index (κ2) is 13.5. The minimum absolute atomic E-state index is 0.0840. The molecule has 7 heteroatoms. The van der Waals surface area contributed by atoms with Gasteiger partial charge >= 0.3 is 12.1 Å². The maximum Gasteiger partial charge on any atom is 0.410 e. The van der Waals surface area contributed by atoms with Crippen LogP contribution in [0.5, 0.6) is 0 Å². The SMILES string of the molecule is CCOC(=O)C(C(=O)[C@@H]1CCCN1C(=O)OCc1ccccc1)=P(c1ccccc1)(c1ccccc1)c1ccccc1. The lowest BCUT2D eigenvalue weighted by atomic mass is 10.1. The Kier molecular flexibility index (Phi) is 9.35. The largest absolute Gasteiger partial charge is 0.462 e. The summed E-state index contributed by atoms with van der Waals surface area (Å²) in [6.45, 7) is -0.752. The average molecular weight is 580 g/mol. The molecule has 0 N–H and O–H groups in total. The van der Waals surface area contributed by atoms with Crippen LogP contribution in [0, 0.1) is 0 Å². The van der Waals surface area contributed by atoms with Crippen molar-refractivity contribution in [2.45, 2.75) is 32.4 Å². The molecular weight excluding hydrogens is 545 g/mol. The summed E-state index contributed by atoms with van der Waals surface area (Å²) in [5, 5.41) is 2.65. The van der Waals surface area contributed by atoms with E-state index in [0.717, 1.165) is 21.5 Å². The number of Topliss-reactive ketones (excluding diaryl/α,β-unsaturated/α-hetero) is 1. The number of rotatable bonds is 9. The number of benzene rings is 4. The smallest absolute Gasteiger partial charge is 0.410 e. The number of likely N-dealkylation sites (tertiary alicyclic amines) is 1. The lowest BCUT2D eigenvalue weighted by molar-refractivity contribution is -0.135. The Morgan fingerprint density at radius 3 is 1.67 bits per heavy atom. The molecule has 1 saturated heterocycles. The number of nitrogens with zero attached hydrogens (tertiary/aromatic N) is 1. The summed E-state index contributed by atoms with van der Waals surface area (Å²) in [4.78, 5) is 43.8. The van der Waals surface area contributed by atoms with Crippen molar-refractivity contribution in [2.75, 3.05) is 13.2 Å². The van der Waals surface area contributed by atoms with Gasteiger partial charge in [0, 0.05) is 6.54 Å². The molecule has 0 saturated carbocycles. The Hall–Kier alpha value is -4.41. The van der Waals surface area contributed by atoms with Crippen LogP contribution in [0.2, 0.25) is 0 Å². The third-order valence-electron chi connectivity index (χ3n) is 7.46. The summed E-state index contributed by atoms with van der Waals surface area (Å²) in [7, 11) is 0. The molecule has 0 unspecified atom stereocenters. The van der Waals surface area contributed by atoms with E-state index in [9.17, 15) is 14.4 Å². The van der Waals surface area contributed by atoms with Crippen molar-refractivity contribution in [1.29, 1.82) is 0 Å². The minimum atomic E-state index is -3.06. The fourth-order valence-electron chi connectivity index (χ4n) is 5.61. The van der Waals surface area contributed by atoms with Crippen molar-refractivity contribution in [3.05, 3.63) is 127 Å². The third-order valence-corrected chi connectivity index (χ3v) is 11.8. The molecule has 214 valence electrons. The Morgan fingerprint density at radius 1 is 0.714 bits per heavy atom. The number of ether oxygens (including phenoxy) is 2. The molecule has 0 aliphatic carbocycles. The Bertz CT molecular complexity index is 1470. The molecule has 1 heterocycles. The van der Waals surface area contributed by atoms with Gasteiger partial charge in [0.1, 0.15) is 11.9 Å². The number of hydrogen-bond donors (Lipinski definition) is 0. The fraction of sp³-hybridized carbons (Fsp3) is 0.200. The summed E-state index contributed by atoms with van der Waals surface area (Å²) >= 11 is 0. The van der Waals surface area contributed by atoms with Gasteiger partial charge in [-0.3, -0.25) is 9.69 Å². The molecule has 0 bridgehead atoms. The second-order valence-corrected chi connectivity index (χ2v) is 13.3. The predicted molar refractivity (Wildman–Crippen MR) is 168 cm³/mol. The fourth-order valence-corrected chi connectivity index (χ4v) is 9.95. The highest BCUT2D eigenvalue weighted by Gasteiger charge is 2.44. The molecule has 0 spiro atoms. The van der Waals surface area contributed by atoms with Crippen LogP contribution < -0.4 is 15.9 Å². The van der Waals surface area contributed by atoms with Crippen LogP contribution in [0.3, 0.4) is 0 Å². The van der Waals surface area contributed by atoms with Crippen molar-refractivity contribution in [3.63, 3.8) is 0 Å². The molecule has 0 aromatic heterocycles. The highest BCUT2D eigenvalue weighted by Crippen LogP contribution is 2.47. The van der Waals surface area contributed by atoms with E-state index >= 15 is 0 Å². The van der Waals surface area contributed by atoms with Crippen molar-refractivity contribution in [3.8, 4) is 0 Å². The Labute approximate surface area is 246 Å². The molecule has 42 heavy (non-hydrogen) atoms. The maximum absolute atomic E-state index is 14.9. The molecule has 1 fully saturated rings. The van der Waals surface area contributed by atoms with Crippen molar-refractivity contribution < 1.29 is 23.9 Å². The summed E-state index contributed by atoms with van der Waals surface area (Å²) in [6.07, 6.45) is 0.488. The third kappa shape index (κ3) is 5.81. The quantitative estimate of drug-likeness (QED) is 0.157. The first-order valence-electron chi connectivity index (χ1n) is 14.2. The first-order chi connectivity index (χ1) is 20.6. The standard InChI is InChI=1S/C35H34NO5P/c1-2-40-34(38)33(32(37)31-24-15-25-36(31)35(39)41-26-27-16-7-3-8-17-27)42(28-18-9-4-10-19-28,29-20-11-5-12-21-29)30-22-13-6-14-23-30/h3-14,16-23,31H,2,15,24-26H2,1H3/t31-/m0/s1. The number of ketones is 1. The molecule has 5 rings (SSSR count). The van der Waals surface area contributed by atoms with Gasteiger partial charge in [0.15, 0.2) is 5.78 Å². The van der Waals surface area contributed by atoms with Gasteiger partial charge in [0.25, 0.3) is 0 Å². The highest BCUT2D eigenvalue weighted by molar-refractivity contribution is 7.97. The van der Waals surface area contributed by atoms with Crippen LogP contribution in [0.25, 0.3) is 0 Å². The van der Waals surface area contributed by atoms with Crippen LogP contribution in [-0.4, -0.2) is 47.2 Å². The molecule has 1 aliphatic rings. The van der Waals surface area contributed by atoms with Gasteiger partial charge in [-0.1, -0.05) is 121 Å². The van der Waals surface area contributed by atoms with Gasteiger partial charge < -0.3 is 9.47 Å². The zero-order valence-electron chi connectivity index (χ0n) is 23.6. The molecule has 1 amide bonds. The summed E-state index contributed by atoms with van der Waals surface area (Å²) in [5.74, 6) is -1.05. The number of carbonyl (C=O) groups is 3. The molecule has 1 aliphatic heterocycles. The van der Waals surface area contributed by atoms with Gasteiger partial charge in [-0.25, -0.2) is 9.59 Å². The normalized spacial score (nSPS) is 14.7. The summed E-state index contributed by atoms with van der Waals surface area (Å²) in [5.41, 5.74) is 0.855. The lowest BCUT2D eigenvalue weighted by Gasteiger charge is -2.33. The van der Waals surface area contributed by atoms with E-state index in [4.69, 9.17) is 9.47 Å². The maximum atomic E-state index is 14.9. The van der Waals surface area contributed by atoms with E-state index in [-0.39, 0.29) is 18.5 Å². The van der Waals surface area contributed by atoms with Crippen LogP contribution in [0.4, 0.5) is 4.79 Å². The molecule has 1 atom stereocenters. The lowest BCUT2D eigenvalue weighted by Crippen LogP contribution is -2.48. The van der Waals surface area contributed by atoms with Gasteiger partial charge in [-0.15, -0.1) is 0 Å². The topological polar surface area (TPSA) is 72.9 Å². The van der Waals surface area contributed by atoms with E-state index in [1.807, 2.05) is 121 Å². The first kappa shape index (κ1) is 29.1. The summed E-state index contributed by atoms with van der Waals surface area (Å²) < 4.78 is 11.3. The van der Waals surface area contributed by atoms with E-state index < -0.39 is 30.8 Å².